The van der Waals surface area contributed by atoms with E-state index in [0.717, 1.165) is 18.3 Å². The number of ether oxygens (including phenoxy) is 1. The van der Waals surface area contributed by atoms with Crippen molar-refractivity contribution in [3.8, 4) is 5.75 Å². The molecule has 1 heterocycles. The first kappa shape index (κ1) is 14.1. The van der Waals surface area contributed by atoms with Gasteiger partial charge in [-0.1, -0.05) is 12.1 Å². The molecule has 1 fully saturated rings. The largest absolute Gasteiger partial charge is 0.497 e. The fourth-order valence-electron chi connectivity index (χ4n) is 2.65. The predicted molar refractivity (Wildman–Crippen MR) is 73.2 cm³/mol. The van der Waals surface area contributed by atoms with Crippen molar-refractivity contribution in [2.75, 3.05) is 18.6 Å². The van der Waals surface area contributed by atoms with Crippen LogP contribution < -0.4 is 4.74 Å². The molecule has 0 spiro atoms. The molecule has 104 valence electrons. The lowest BCUT2D eigenvalue weighted by Crippen LogP contribution is -2.30. The van der Waals surface area contributed by atoms with Crippen LogP contribution >= 0.6 is 0 Å². The number of carbonyl (C=O) groups excluding carboxylic acids is 1. The number of hydrogen-bond acceptors (Lipinski definition) is 4. The minimum atomic E-state index is -3.00. The van der Waals surface area contributed by atoms with Gasteiger partial charge in [-0.15, -0.1) is 0 Å². The van der Waals surface area contributed by atoms with Gasteiger partial charge >= 0.3 is 0 Å². The second-order valence-electron chi connectivity index (χ2n) is 4.96. The van der Waals surface area contributed by atoms with Crippen LogP contribution in [0.1, 0.15) is 24.3 Å². The molecule has 2 rings (SSSR count). The van der Waals surface area contributed by atoms with E-state index >= 15 is 0 Å². The summed E-state index contributed by atoms with van der Waals surface area (Å²) in [6, 6.07) is 7.29. The summed E-state index contributed by atoms with van der Waals surface area (Å²) in [5.41, 5.74) is 0.830. The zero-order valence-corrected chi connectivity index (χ0v) is 11.7. The topological polar surface area (TPSA) is 60.4 Å². The molecular formula is C14H18O4S. The van der Waals surface area contributed by atoms with E-state index < -0.39 is 9.84 Å². The Kier molecular flexibility index (Phi) is 4.24. The van der Waals surface area contributed by atoms with Crippen molar-refractivity contribution in [3.63, 3.8) is 0 Å². The Morgan fingerprint density at radius 2 is 2.21 bits per heavy atom. The van der Waals surface area contributed by atoms with Gasteiger partial charge in [0.25, 0.3) is 0 Å². The molecule has 0 N–H and O–H groups in total. The molecular weight excluding hydrogens is 264 g/mol. The average molecular weight is 282 g/mol. The lowest BCUT2D eigenvalue weighted by atomic mass is 9.85. The molecule has 0 amide bonds. The molecule has 0 radical (unpaired) electrons. The molecule has 4 nitrogen and oxygen atoms in total. The molecule has 0 aromatic heterocycles. The standard InChI is InChI=1S/C14H18O4S/c1-18-13-6-2-4-11(8-13)14(9-15)12-5-3-7-19(16,17)10-12/h2,4,6,8-9,12,14H,3,5,7,10H2,1H3. The Labute approximate surface area is 113 Å². The zero-order chi connectivity index (χ0) is 13.9. The number of carbonyl (C=O) groups is 1. The third kappa shape index (κ3) is 3.35. The molecule has 1 aliphatic rings. The van der Waals surface area contributed by atoms with E-state index in [9.17, 15) is 13.2 Å². The summed E-state index contributed by atoms with van der Waals surface area (Å²) in [4.78, 5) is 11.4. The van der Waals surface area contributed by atoms with Crippen LogP contribution in [-0.4, -0.2) is 33.3 Å². The van der Waals surface area contributed by atoms with E-state index in [1.807, 2.05) is 18.2 Å². The maximum absolute atomic E-state index is 11.7. The number of hydrogen-bond donors (Lipinski definition) is 0. The summed E-state index contributed by atoms with van der Waals surface area (Å²) in [6.45, 7) is 0. The van der Waals surface area contributed by atoms with Crippen LogP contribution in [0.4, 0.5) is 0 Å². The van der Waals surface area contributed by atoms with E-state index in [-0.39, 0.29) is 23.3 Å². The van der Waals surface area contributed by atoms with Crippen molar-refractivity contribution in [2.24, 2.45) is 5.92 Å². The minimum absolute atomic E-state index is 0.105. The van der Waals surface area contributed by atoms with Gasteiger partial charge in [-0.3, -0.25) is 0 Å². The van der Waals surface area contributed by atoms with E-state index in [1.165, 1.54) is 0 Å². The Balaban J connectivity index is 2.26. The Hall–Kier alpha value is -1.36. The number of benzene rings is 1. The lowest BCUT2D eigenvalue weighted by molar-refractivity contribution is -0.110. The summed E-state index contributed by atoms with van der Waals surface area (Å²) < 4.78 is 28.5. The second kappa shape index (κ2) is 5.74. The summed E-state index contributed by atoms with van der Waals surface area (Å²) >= 11 is 0. The fraction of sp³-hybridized carbons (Fsp3) is 0.500. The number of methoxy groups -OCH3 is 1. The first-order valence-electron chi connectivity index (χ1n) is 6.35. The molecule has 2 unspecified atom stereocenters. The SMILES string of the molecule is COc1cccc(C(C=O)C2CCCS(=O)(=O)C2)c1. The highest BCUT2D eigenvalue weighted by atomic mass is 32.2. The third-order valence-corrected chi connectivity index (χ3v) is 5.48. The number of aldehydes is 1. The molecule has 0 aliphatic carbocycles. The number of sulfone groups is 1. The summed E-state index contributed by atoms with van der Waals surface area (Å²) in [5, 5.41) is 0. The Morgan fingerprint density at radius 1 is 1.42 bits per heavy atom. The average Bonchev–Trinajstić information content (AvgIpc) is 2.39. The van der Waals surface area contributed by atoms with Crippen molar-refractivity contribution < 1.29 is 17.9 Å². The minimum Gasteiger partial charge on any atom is -0.497 e. The highest BCUT2D eigenvalue weighted by molar-refractivity contribution is 7.91. The highest BCUT2D eigenvalue weighted by Gasteiger charge is 2.31. The van der Waals surface area contributed by atoms with Crippen LogP contribution in [-0.2, 0) is 14.6 Å². The van der Waals surface area contributed by atoms with Gasteiger partial charge in [0.2, 0.25) is 0 Å². The molecule has 0 bridgehead atoms. The first-order valence-corrected chi connectivity index (χ1v) is 8.17. The second-order valence-corrected chi connectivity index (χ2v) is 7.18. The zero-order valence-electron chi connectivity index (χ0n) is 10.9. The van der Waals surface area contributed by atoms with Gasteiger partial charge in [0.1, 0.15) is 12.0 Å². The molecule has 0 saturated carbocycles. The van der Waals surface area contributed by atoms with Crippen LogP contribution in [0.3, 0.4) is 0 Å². The van der Waals surface area contributed by atoms with Gasteiger partial charge in [0.15, 0.2) is 9.84 Å². The van der Waals surface area contributed by atoms with Gasteiger partial charge in [-0.05, 0) is 36.5 Å². The summed E-state index contributed by atoms with van der Waals surface area (Å²) in [5.74, 6) is 0.539. The smallest absolute Gasteiger partial charge is 0.150 e. The van der Waals surface area contributed by atoms with Gasteiger partial charge in [-0.2, -0.15) is 0 Å². The van der Waals surface area contributed by atoms with Gasteiger partial charge in [0.05, 0.1) is 18.6 Å². The van der Waals surface area contributed by atoms with Crippen LogP contribution in [0.25, 0.3) is 0 Å². The summed E-state index contributed by atoms with van der Waals surface area (Å²) in [6.07, 6.45) is 2.28. The van der Waals surface area contributed by atoms with Gasteiger partial charge in [0, 0.05) is 5.92 Å². The van der Waals surface area contributed by atoms with Crippen LogP contribution in [0.2, 0.25) is 0 Å². The quantitative estimate of drug-likeness (QED) is 0.790. The van der Waals surface area contributed by atoms with E-state index in [4.69, 9.17) is 4.74 Å². The lowest BCUT2D eigenvalue weighted by Gasteiger charge is -2.27. The van der Waals surface area contributed by atoms with Gasteiger partial charge < -0.3 is 9.53 Å². The van der Waals surface area contributed by atoms with Crippen molar-refractivity contribution in [1.29, 1.82) is 0 Å². The van der Waals surface area contributed by atoms with E-state index in [0.29, 0.717) is 12.2 Å². The predicted octanol–water partition coefficient (Wildman–Crippen LogP) is 1.80. The van der Waals surface area contributed by atoms with Crippen LogP contribution in [0.5, 0.6) is 5.75 Å². The van der Waals surface area contributed by atoms with Crippen LogP contribution in [0, 0.1) is 5.92 Å². The number of rotatable bonds is 4. The fourth-order valence-corrected chi connectivity index (χ4v) is 4.45. The molecule has 1 saturated heterocycles. The molecule has 5 heteroatoms. The van der Waals surface area contributed by atoms with E-state index in [2.05, 4.69) is 0 Å². The van der Waals surface area contributed by atoms with Crippen molar-refractivity contribution in [2.45, 2.75) is 18.8 Å². The molecule has 2 atom stereocenters. The van der Waals surface area contributed by atoms with E-state index in [1.54, 1.807) is 13.2 Å². The van der Waals surface area contributed by atoms with Gasteiger partial charge in [-0.25, -0.2) is 8.42 Å². The molecule has 1 aromatic rings. The van der Waals surface area contributed by atoms with Crippen molar-refractivity contribution in [3.05, 3.63) is 29.8 Å². The van der Waals surface area contributed by atoms with Crippen molar-refractivity contribution in [1.82, 2.24) is 0 Å². The Bertz CT molecular complexity index is 550. The molecule has 1 aliphatic heterocycles. The Morgan fingerprint density at radius 3 is 2.84 bits per heavy atom. The molecule has 19 heavy (non-hydrogen) atoms. The maximum Gasteiger partial charge on any atom is 0.150 e. The highest BCUT2D eigenvalue weighted by Crippen LogP contribution is 2.32. The third-order valence-electron chi connectivity index (χ3n) is 3.63. The maximum atomic E-state index is 11.7. The van der Waals surface area contributed by atoms with Crippen molar-refractivity contribution >= 4 is 16.1 Å². The first-order chi connectivity index (χ1) is 9.05. The van der Waals surface area contributed by atoms with Crippen LogP contribution in [0.15, 0.2) is 24.3 Å². The molecule has 1 aromatic carbocycles. The monoisotopic (exact) mass is 282 g/mol. The summed E-state index contributed by atoms with van der Waals surface area (Å²) in [7, 11) is -1.43. The normalized spacial score (nSPS) is 23.5.